The third-order valence-corrected chi connectivity index (χ3v) is 3.98. The molecule has 0 radical (unpaired) electrons. The van der Waals surface area contributed by atoms with Crippen LogP contribution < -0.4 is 11.1 Å². The van der Waals surface area contributed by atoms with Gasteiger partial charge in [-0.25, -0.2) is 9.97 Å². The molecule has 1 aliphatic rings. The zero-order chi connectivity index (χ0) is 13.9. The minimum Gasteiger partial charge on any atom is -0.367 e. The molecule has 106 valence electrons. The van der Waals surface area contributed by atoms with Gasteiger partial charge in [0.1, 0.15) is 5.82 Å². The lowest BCUT2D eigenvalue weighted by Gasteiger charge is -2.27. The number of aromatic nitrogens is 3. The van der Waals surface area contributed by atoms with Gasteiger partial charge in [0.05, 0.1) is 12.0 Å². The van der Waals surface area contributed by atoms with Gasteiger partial charge in [0.25, 0.3) is 0 Å². The van der Waals surface area contributed by atoms with Crippen LogP contribution in [-0.2, 0) is 0 Å². The Hall–Kier alpha value is -1.88. The number of nitrogens with two attached hydrogens (primary N) is 1. The van der Waals surface area contributed by atoms with E-state index in [-0.39, 0.29) is 0 Å². The highest BCUT2D eigenvalue weighted by Crippen LogP contribution is 2.22. The van der Waals surface area contributed by atoms with Crippen LogP contribution in [0.3, 0.4) is 0 Å². The van der Waals surface area contributed by atoms with Crippen molar-refractivity contribution in [1.29, 1.82) is 0 Å². The molecule has 0 unspecified atom stereocenters. The van der Waals surface area contributed by atoms with Crippen molar-refractivity contribution in [2.24, 2.45) is 5.73 Å². The van der Waals surface area contributed by atoms with E-state index in [4.69, 9.17) is 5.73 Å². The number of nitrogens with one attached hydrogen (secondary N) is 1. The van der Waals surface area contributed by atoms with E-state index in [1.807, 2.05) is 23.3 Å². The standard InChI is InChI=1S/C15H21N5/c1-11-9-18-15(8-14(11)20-7-6-17-10-20)19-13-4-2-12(16)3-5-13/h6-10,12-13H,2-5,16H2,1H3,(H,18,19)/t12-,13+. The summed E-state index contributed by atoms with van der Waals surface area (Å²) in [7, 11) is 0. The number of aryl methyl sites for hydroxylation is 1. The van der Waals surface area contributed by atoms with Crippen LogP contribution in [-0.4, -0.2) is 26.6 Å². The van der Waals surface area contributed by atoms with Crippen molar-refractivity contribution < 1.29 is 0 Å². The highest BCUT2D eigenvalue weighted by molar-refractivity contribution is 5.49. The van der Waals surface area contributed by atoms with Gasteiger partial charge in [-0.15, -0.1) is 0 Å². The van der Waals surface area contributed by atoms with Gasteiger partial charge in [-0.05, 0) is 38.2 Å². The van der Waals surface area contributed by atoms with Crippen LogP contribution >= 0.6 is 0 Å². The monoisotopic (exact) mass is 271 g/mol. The lowest BCUT2D eigenvalue weighted by Crippen LogP contribution is -2.33. The van der Waals surface area contributed by atoms with Crippen molar-refractivity contribution in [1.82, 2.24) is 14.5 Å². The van der Waals surface area contributed by atoms with E-state index >= 15 is 0 Å². The number of hydrogen-bond acceptors (Lipinski definition) is 4. The Morgan fingerprint density at radius 1 is 1.30 bits per heavy atom. The molecule has 0 amide bonds. The molecular weight excluding hydrogens is 250 g/mol. The second-order valence-corrected chi connectivity index (χ2v) is 5.58. The van der Waals surface area contributed by atoms with E-state index in [1.165, 1.54) is 0 Å². The number of rotatable bonds is 3. The molecule has 0 spiro atoms. The molecule has 5 nitrogen and oxygen atoms in total. The predicted octanol–water partition coefficient (Wildman–Crippen LogP) is 2.26. The Labute approximate surface area is 119 Å². The summed E-state index contributed by atoms with van der Waals surface area (Å²) in [6, 6.07) is 2.95. The molecule has 2 heterocycles. The second kappa shape index (κ2) is 5.63. The van der Waals surface area contributed by atoms with E-state index in [0.29, 0.717) is 12.1 Å². The number of hydrogen-bond donors (Lipinski definition) is 2. The third-order valence-electron chi connectivity index (χ3n) is 3.98. The quantitative estimate of drug-likeness (QED) is 0.898. The van der Waals surface area contributed by atoms with Gasteiger partial charge < -0.3 is 15.6 Å². The summed E-state index contributed by atoms with van der Waals surface area (Å²) < 4.78 is 2.01. The Bertz CT molecular complexity index is 556. The maximum Gasteiger partial charge on any atom is 0.128 e. The molecule has 3 N–H and O–H groups in total. The number of pyridine rings is 1. The topological polar surface area (TPSA) is 68.8 Å². The van der Waals surface area contributed by atoms with Gasteiger partial charge in [-0.3, -0.25) is 0 Å². The molecule has 1 aliphatic carbocycles. The Balaban J connectivity index is 1.76. The van der Waals surface area contributed by atoms with E-state index in [9.17, 15) is 0 Å². The zero-order valence-electron chi connectivity index (χ0n) is 11.8. The molecule has 0 aliphatic heterocycles. The van der Waals surface area contributed by atoms with Crippen LogP contribution in [0, 0.1) is 6.92 Å². The molecule has 0 aromatic carbocycles. The molecule has 0 atom stereocenters. The van der Waals surface area contributed by atoms with Gasteiger partial charge >= 0.3 is 0 Å². The van der Waals surface area contributed by atoms with Crippen LogP contribution in [0.4, 0.5) is 5.82 Å². The smallest absolute Gasteiger partial charge is 0.128 e. The van der Waals surface area contributed by atoms with Crippen molar-refractivity contribution in [3.05, 3.63) is 36.5 Å². The summed E-state index contributed by atoms with van der Waals surface area (Å²) >= 11 is 0. The highest BCUT2D eigenvalue weighted by atomic mass is 15.1. The van der Waals surface area contributed by atoms with Crippen LogP contribution in [0.5, 0.6) is 0 Å². The summed E-state index contributed by atoms with van der Waals surface area (Å²) in [5.41, 5.74) is 8.20. The molecule has 1 saturated carbocycles. The lowest BCUT2D eigenvalue weighted by atomic mass is 9.92. The van der Waals surface area contributed by atoms with Crippen LogP contribution in [0.1, 0.15) is 31.2 Å². The molecule has 5 heteroatoms. The first-order valence-corrected chi connectivity index (χ1v) is 7.19. The molecule has 3 rings (SSSR count). The van der Waals surface area contributed by atoms with Gasteiger partial charge in [0.2, 0.25) is 0 Å². The first-order chi connectivity index (χ1) is 9.72. The fourth-order valence-corrected chi connectivity index (χ4v) is 2.74. The van der Waals surface area contributed by atoms with E-state index in [2.05, 4.69) is 28.3 Å². The fourth-order valence-electron chi connectivity index (χ4n) is 2.74. The van der Waals surface area contributed by atoms with Gasteiger partial charge in [0.15, 0.2) is 0 Å². The zero-order valence-corrected chi connectivity index (χ0v) is 11.8. The first-order valence-electron chi connectivity index (χ1n) is 7.19. The van der Waals surface area contributed by atoms with Crippen molar-refractivity contribution >= 4 is 5.82 Å². The SMILES string of the molecule is Cc1cnc(N[C@H]2CC[C@@H](N)CC2)cc1-n1ccnc1. The van der Waals surface area contributed by atoms with Crippen molar-refractivity contribution in [3.63, 3.8) is 0 Å². The maximum atomic E-state index is 5.94. The summed E-state index contributed by atoms with van der Waals surface area (Å²) in [5, 5.41) is 3.53. The molecule has 20 heavy (non-hydrogen) atoms. The van der Waals surface area contributed by atoms with Gasteiger partial charge in [0, 0.05) is 36.7 Å². The first kappa shape index (κ1) is 13.1. The summed E-state index contributed by atoms with van der Waals surface area (Å²) in [6.45, 7) is 2.06. The number of imidazole rings is 1. The third kappa shape index (κ3) is 2.82. The van der Waals surface area contributed by atoms with Crippen LogP contribution in [0.2, 0.25) is 0 Å². The lowest BCUT2D eigenvalue weighted by molar-refractivity contribution is 0.410. The predicted molar refractivity (Wildman–Crippen MR) is 80.0 cm³/mol. The van der Waals surface area contributed by atoms with E-state index < -0.39 is 0 Å². The number of nitrogens with zero attached hydrogens (tertiary/aromatic N) is 3. The highest BCUT2D eigenvalue weighted by Gasteiger charge is 2.18. The average molecular weight is 271 g/mol. The van der Waals surface area contributed by atoms with Crippen molar-refractivity contribution in [3.8, 4) is 5.69 Å². The molecule has 0 bridgehead atoms. The fraction of sp³-hybridized carbons (Fsp3) is 0.467. The second-order valence-electron chi connectivity index (χ2n) is 5.58. The molecular formula is C15H21N5. The maximum absolute atomic E-state index is 5.94. The van der Waals surface area contributed by atoms with E-state index in [1.54, 1.807) is 6.20 Å². The van der Waals surface area contributed by atoms with Crippen molar-refractivity contribution in [2.45, 2.75) is 44.7 Å². The minimum atomic E-state index is 0.375. The summed E-state index contributed by atoms with van der Waals surface area (Å²) in [6.07, 6.45) is 11.9. The largest absolute Gasteiger partial charge is 0.367 e. The minimum absolute atomic E-state index is 0.375. The average Bonchev–Trinajstić information content (AvgIpc) is 2.97. The molecule has 2 aromatic rings. The Morgan fingerprint density at radius 2 is 2.10 bits per heavy atom. The van der Waals surface area contributed by atoms with Gasteiger partial charge in [-0.1, -0.05) is 0 Å². The normalized spacial score (nSPS) is 22.7. The molecule has 1 fully saturated rings. The number of anilines is 1. The Kier molecular flexibility index (Phi) is 3.69. The van der Waals surface area contributed by atoms with Crippen LogP contribution in [0.25, 0.3) is 5.69 Å². The Morgan fingerprint density at radius 3 is 2.80 bits per heavy atom. The van der Waals surface area contributed by atoms with Gasteiger partial charge in [-0.2, -0.15) is 0 Å². The van der Waals surface area contributed by atoms with Crippen LogP contribution in [0.15, 0.2) is 31.0 Å². The summed E-state index contributed by atoms with van der Waals surface area (Å²) in [4.78, 5) is 8.59. The molecule has 0 saturated heterocycles. The summed E-state index contributed by atoms with van der Waals surface area (Å²) in [5.74, 6) is 0.930. The molecule has 2 aromatic heterocycles. The van der Waals surface area contributed by atoms with Crippen molar-refractivity contribution in [2.75, 3.05) is 5.32 Å². The van der Waals surface area contributed by atoms with E-state index in [0.717, 1.165) is 42.8 Å².